The third-order valence-electron chi connectivity index (χ3n) is 8.03. The number of aromatic nitrogens is 4. The summed E-state index contributed by atoms with van der Waals surface area (Å²) in [6, 6.07) is 48.2. The molecule has 4 aromatic heterocycles. The first kappa shape index (κ1) is 26.4. The van der Waals surface area contributed by atoms with Crippen LogP contribution in [-0.4, -0.2) is 18.9 Å². The van der Waals surface area contributed by atoms with Crippen molar-refractivity contribution >= 4 is 49.1 Å². The molecule has 0 aliphatic carbocycles. The summed E-state index contributed by atoms with van der Waals surface area (Å²) in [5.74, 6) is 2.04. The smallest absolute Gasteiger partial charge is 0.503 e. The van der Waals surface area contributed by atoms with Gasteiger partial charge in [-0.15, -0.1) is 29.7 Å². The third-order valence-corrected chi connectivity index (χ3v) is 8.03. The number of pyridine rings is 2. The second-order valence-electron chi connectivity index (χ2n) is 10.5. The molecule has 0 atom stereocenters. The zero-order valence-corrected chi connectivity index (χ0v) is 24.8. The molecular formula is C38H22N4OPd. The quantitative estimate of drug-likeness (QED) is 0.108. The van der Waals surface area contributed by atoms with Crippen molar-refractivity contribution in [1.29, 1.82) is 0 Å². The maximum Gasteiger partial charge on any atom is 2.00 e. The molecule has 0 amide bonds. The van der Waals surface area contributed by atoms with E-state index in [1.54, 1.807) is 0 Å². The summed E-state index contributed by atoms with van der Waals surface area (Å²) in [5, 5.41) is 5.36. The number of para-hydroxylation sites is 2. The van der Waals surface area contributed by atoms with Gasteiger partial charge in [0.05, 0.1) is 11.3 Å². The first-order valence-electron chi connectivity index (χ1n) is 14.2. The molecule has 0 aliphatic heterocycles. The van der Waals surface area contributed by atoms with Crippen LogP contribution in [-0.2, 0) is 20.4 Å². The first-order chi connectivity index (χ1) is 21.3. The second kappa shape index (κ2) is 10.5. The van der Waals surface area contributed by atoms with Crippen molar-refractivity contribution in [3.63, 3.8) is 0 Å². The molecule has 6 heteroatoms. The fourth-order valence-corrected chi connectivity index (χ4v) is 6.11. The van der Waals surface area contributed by atoms with Crippen molar-refractivity contribution in [1.82, 2.24) is 18.9 Å². The number of ether oxygens (including phenoxy) is 1. The average molecular weight is 657 g/mol. The first-order valence-corrected chi connectivity index (χ1v) is 14.2. The molecule has 0 saturated heterocycles. The van der Waals surface area contributed by atoms with Crippen molar-refractivity contribution < 1.29 is 25.2 Å². The average Bonchev–Trinajstić information content (AvgIpc) is 3.66. The van der Waals surface area contributed by atoms with Gasteiger partial charge in [0.15, 0.2) is 0 Å². The third kappa shape index (κ3) is 4.11. The molecule has 9 rings (SSSR count). The topological polar surface area (TPSA) is 44.3 Å². The molecule has 0 saturated carbocycles. The van der Waals surface area contributed by atoms with Crippen LogP contribution in [0.3, 0.4) is 0 Å². The summed E-state index contributed by atoms with van der Waals surface area (Å²) in [4.78, 5) is 9.71. The summed E-state index contributed by atoms with van der Waals surface area (Å²) >= 11 is 0. The van der Waals surface area contributed by atoms with Crippen molar-refractivity contribution in [2.75, 3.05) is 0 Å². The summed E-state index contributed by atoms with van der Waals surface area (Å²) in [6.07, 6.45) is 3.91. The molecule has 9 aromatic rings. The SMILES string of the molecule is [Pd+2].[c-]1c(Oc2[c-]c3c(cc2)c2ccccc2n3-c2ccccn2)ccc2c1c1nc(-c3ccccc3)cn1c1ccccc21. The summed E-state index contributed by atoms with van der Waals surface area (Å²) in [7, 11) is 0. The van der Waals surface area contributed by atoms with E-state index in [1.165, 1.54) is 0 Å². The Hall–Kier alpha value is -5.28. The van der Waals surface area contributed by atoms with Crippen LogP contribution in [0.5, 0.6) is 11.5 Å². The van der Waals surface area contributed by atoms with Crippen molar-refractivity contribution in [3.05, 3.63) is 146 Å². The van der Waals surface area contributed by atoms with E-state index >= 15 is 0 Å². The molecule has 5 nitrogen and oxygen atoms in total. The van der Waals surface area contributed by atoms with Gasteiger partial charge in [-0.2, -0.15) is 6.07 Å². The van der Waals surface area contributed by atoms with Gasteiger partial charge in [0, 0.05) is 40.5 Å². The van der Waals surface area contributed by atoms with Crippen molar-refractivity contribution in [2.24, 2.45) is 0 Å². The Morgan fingerprint density at radius 1 is 0.591 bits per heavy atom. The molecule has 4 heterocycles. The van der Waals surface area contributed by atoms with Gasteiger partial charge in [0.2, 0.25) is 0 Å². The Balaban J connectivity index is 0.00000289. The number of fused-ring (bicyclic) bond motifs is 9. The summed E-state index contributed by atoms with van der Waals surface area (Å²) < 4.78 is 10.7. The van der Waals surface area contributed by atoms with E-state index in [0.717, 1.165) is 66.2 Å². The van der Waals surface area contributed by atoms with Crippen LogP contribution in [0, 0.1) is 12.1 Å². The van der Waals surface area contributed by atoms with Crippen LogP contribution in [0.1, 0.15) is 0 Å². The Bertz CT molecular complexity index is 2480. The molecule has 0 radical (unpaired) electrons. The molecular weight excluding hydrogens is 635 g/mol. The van der Waals surface area contributed by atoms with E-state index in [9.17, 15) is 0 Å². The molecule has 0 fully saturated rings. The predicted octanol–water partition coefficient (Wildman–Crippen LogP) is 9.19. The fraction of sp³-hybridized carbons (Fsp3) is 0. The number of benzene rings is 5. The Morgan fingerprint density at radius 2 is 1.27 bits per heavy atom. The van der Waals surface area contributed by atoms with E-state index in [-0.39, 0.29) is 20.4 Å². The zero-order valence-electron chi connectivity index (χ0n) is 23.2. The fourth-order valence-electron chi connectivity index (χ4n) is 6.11. The molecule has 0 spiro atoms. The molecule has 0 aliphatic rings. The predicted molar refractivity (Wildman–Crippen MR) is 172 cm³/mol. The van der Waals surface area contributed by atoms with Gasteiger partial charge in [-0.25, -0.2) is 4.98 Å². The van der Waals surface area contributed by atoms with Crippen LogP contribution < -0.4 is 4.74 Å². The van der Waals surface area contributed by atoms with Gasteiger partial charge in [0.25, 0.3) is 0 Å². The van der Waals surface area contributed by atoms with Crippen LogP contribution in [0.2, 0.25) is 0 Å². The van der Waals surface area contributed by atoms with Gasteiger partial charge in [-0.05, 0) is 35.0 Å². The maximum absolute atomic E-state index is 6.45. The van der Waals surface area contributed by atoms with Crippen LogP contribution in [0.25, 0.3) is 66.2 Å². The van der Waals surface area contributed by atoms with E-state index in [2.05, 4.69) is 99.0 Å². The molecule has 44 heavy (non-hydrogen) atoms. The monoisotopic (exact) mass is 656 g/mol. The number of imidazole rings is 1. The molecule has 210 valence electrons. The van der Waals surface area contributed by atoms with Gasteiger partial charge < -0.3 is 13.7 Å². The van der Waals surface area contributed by atoms with E-state index < -0.39 is 0 Å². The maximum atomic E-state index is 6.45. The zero-order chi connectivity index (χ0) is 28.3. The van der Waals surface area contributed by atoms with Crippen molar-refractivity contribution in [3.8, 4) is 28.6 Å². The molecule has 0 unspecified atom stereocenters. The van der Waals surface area contributed by atoms with Crippen molar-refractivity contribution in [2.45, 2.75) is 0 Å². The van der Waals surface area contributed by atoms with Gasteiger partial charge in [0.1, 0.15) is 5.82 Å². The van der Waals surface area contributed by atoms with Gasteiger partial charge in [-0.1, -0.05) is 95.2 Å². The normalized spacial score (nSPS) is 11.5. The standard InChI is InChI=1S/C38H22N4O.Pd/c1-2-10-25(11-3-1)33-24-41-34-14-6-4-12-29(34)28-19-17-26(22-32(28)38(41)40-33)43-27-18-20-31-30-13-5-7-15-35(30)42(36(31)23-27)37-16-8-9-21-39-37;/h1-21,24H;/q-2;+2. The Kier molecular flexibility index (Phi) is 6.27. The van der Waals surface area contributed by atoms with Gasteiger partial charge >= 0.3 is 20.4 Å². The van der Waals surface area contributed by atoms with E-state index in [0.29, 0.717) is 11.5 Å². The number of nitrogens with zero attached hydrogens (tertiary/aromatic N) is 4. The molecule has 0 N–H and O–H groups in total. The largest absolute Gasteiger partial charge is 2.00 e. The van der Waals surface area contributed by atoms with Crippen LogP contribution in [0.4, 0.5) is 0 Å². The minimum Gasteiger partial charge on any atom is -0.503 e. The van der Waals surface area contributed by atoms with E-state index in [4.69, 9.17) is 9.72 Å². The molecule has 5 aromatic carbocycles. The second-order valence-corrected chi connectivity index (χ2v) is 10.5. The van der Waals surface area contributed by atoms with E-state index in [1.807, 2.05) is 60.8 Å². The number of rotatable bonds is 4. The Morgan fingerprint density at radius 3 is 2.07 bits per heavy atom. The summed E-state index contributed by atoms with van der Waals surface area (Å²) in [5.41, 5.74) is 5.91. The minimum atomic E-state index is 0. The number of hydrogen-bond donors (Lipinski definition) is 0. The Labute approximate surface area is 266 Å². The summed E-state index contributed by atoms with van der Waals surface area (Å²) in [6.45, 7) is 0. The van der Waals surface area contributed by atoms with Gasteiger partial charge in [-0.3, -0.25) is 4.98 Å². The molecule has 0 bridgehead atoms. The minimum absolute atomic E-state index is 0. The number of hydrogen-bond acceptors (Lipinski definition) is 3. The van der Waals surface area contributed by atoms with Crippen LogP contribution in [0.15, 0.2) is 134 Å². The van der Waals surface area contributed by atoms with Crippen LogP contribution >= 0.6 is 0 Å².